The second-order valence-corrected chi connectivity index (χ2v) is 2.80. The molecule has 3 heteroatoms. The summed E-state index contributed by atoms with van der Waals surface area (Å²) in [5.74, 6) is 0. The highest BCUT2D eigenvalue weighted by atomic mass is 16.5. The molecule has 1 aromatic rings. The van der Waals surface area contributed by atoms with Crippen molar-refractivity contribution in [2.45, 2.75) is 5.72 Å². The third kappa shape index (κ3) is 1.27. The van der Waals surface area contributed by atoms with E-state index in [1.807, 2.05) is 36.4 Å². The first-order valence-corrected chi connectivity index (χ1v) is 4.08. The molecule has 1 aromatic carbocycles. The maximum Gasteiger partial charge on any atom is 0.225 e. The molecule has 0 amide bonds. The molecule has 66 valence electrons. The Kier molecular flexibility index (Phi) is 1.94. The molecule has 2 rings (SSSR count). The molecule has 1 aliphatic rings. The molecular weight excluding hydrogens is 164 g/mol. The van der Waals surface area contributed by atoms with E-state index < -0.39 is 5.72 Å². The van der Waals surface area contributed by atoms with Gasteiger partial charge in [0.05, 0.1) is 6.20 Å². The van der Waals surface area contributed by atoms with Gasteiger partial charge >= 0.3 is 0 Å². The van der Waals surface area contributed by atoms with Gasteiger partial charge in [0.2, 0.25) is 5.72 Å². The van der Waals surface area contributed by atoms with Gasteiger partial charge in [-0.25, -0.2) is 0 Å². The summed E-state index contributed by atoms with van der Waals surface area (Å²) in [6.45, 7) is 0. The minimum absolute atomic E-state index is 0.693. The number of nitrogens with zero attached hydrogens (tertiary/aromatic N) is 2. The molecule has 0 saturated carbocycles. The van der Waals surface area contributed by atoms with Crippen LogP contribution in [0.15, 0.2) is 52.8 Å². The predicted octanol–water partition coefficient (Wildman–Crippen LogP) is 2.47. The predicted molar refractivity (Wildman–Crippen MR) is 49.1 cm³/mol. The highest BCUT2D eigenvalue weighted by Gasteiger charge is 2.30. The molecule has 0 saturated heterocycles. The zero-order chi connectivity index (χ0) is 9.15. The van der Waals surface area contributed by atoms with Gasteiger partial charge in [-0.15, -0.1) is 5.11 Å². The maximum atomic E-state index is 5.34. The van der Waals surface area contributed by atoms with Crippen LogP contribution in [0, 0.1) is 0 Å². The van der Waals surface area contributed by atoms with E-state index in [-0.39, 0.29) is 0 Å². The molecule has 0 radical (unpaired) electrons. The van der Waals surface area contributed by atoms with E-state index in [2.05, 4.69) is 10.2 Å². The maximum absolute atomic E-state index is 5.34. The summed E-state index contributed by atoms with van der Waals surface area (Å²) in [5, 5.41) is 7.85. The number of ether oxygens (including phenoxy) is 1. The summed E-state index contributed by atoms with van der Waals surface area (Å²) in [6.07, 6.45) is 3.48. The highest BCUT2D eigenvalue weighted by molar-refractivity contribution is 5.28. The summed E-state index contributed by atoms with van der Waals surface area (Å²) in [5.41, 5.74) is 0.302. The summed E-state index contributed by atoms with van der Waals surface area (Å²) in [4.78, 5) is 0. The van der Waals surface area contributed by atoms with Crippen molar-refractivity contribution >= 4 is 0 Å². The van der Waals surface area contributed by atoms with Crippen LogP contribution >= 0.6 is 0 Å². The monoisotopic (exact) mass is 174 g/mol. The Balaban J connectivity index is 2.44. The zero-order valence-electron chi connectivity index (χ0n) is 7.34. The minimum atomic E-state index is -0.693. The Morgan fingerprint density at radius 3 is 2.54 bits per heavy atom. The molecule has 0 aliphatic carbocycles. The van der Waals surface area contributed by atoms with Gasteiger partial charge in [0.15, 0.2) is 0 Å². The van der Waals surface area contributed by atoms with Crippen molar-refractivity contribution in [3.63, 3.8) is 0 Å². The van der Waals surface area contributed by atoms with E-state index in [4.69, 9.17) is 4.74 Å². The number of azo groups is 1. The molecular formula is C10H10N2O. The molecule has 3 nitrogen and oxygen atoms in total. The average Bonchev–Trinajstić information content (AvgIpc) is 2.69. The largest absolute Gasteiger partial charge is 0.348 e. The third-order valence-corrected chi connectivity index (χ3v) is 2.07. The standard InChI is InChI=1S/C10H10N2O/c1-13-10(7-8-11-12-10)9-5-3-2-4-6-9/h2-8H,1H3. The molecule has 1 heterocycles. The first kappa shape index (κ1) is 8.13. The topological polar surface area (TPSA) is 34.0 Å². The van der Waals surface area contributed by atoms with E-state index in [9.17, 15) is 0 Å². The highest BCUT2D eigenvalue weighted by Crippen LogP contribution is 2.31. The van der Waals surface area contributed by atoms with Crippen molar-refractivity contribution < 1.29 is 4.74 Å². The molecule has 13 heavy (non-hydrogen) atoms. The lowest BCUT2D eigenvalue weighted by Gasteiger charge is -2.20. The van der Waals surface area contributed by atoms with Gasteiger partial charge in [-0.3, -0.25) is 0 Å². The molecule has 0 bridgehead atoms. The normalized spacial score (nSPS) is 25.3. The van der Waals surface area contributed by atoms with Crippen LogP contribution in [0.5, 0.6) is 0 Å². The number of rotatable bonds is 2. The van der Waals surface area contributed by atoms with Gasteiger partial charge in [0.25, 0.3) is 0 Å². The zero-order valence-corrected chi connectivity index (χ0v) is 7.34. The van der Waals surface area contributed by atoms with Crippen LogP contribution in [0.2, 0.25) is 0 Å². The van der Waals surface area contributed by atoms with Crippen molar-refractivity contribution in [3.05, 3.63) is 48.2 Å². The van der Waals surface area contributed by atoms with E-state index in [1.54, 1.807) is 13.3 Å². The lowest BCUT2D eigenvalue weighted by Crippen LogP contribution is -2.20. The van der Waals surface area contributed by atoms with Gasteiger partial charge in [-0.05, 0) is 6.08 Å². The Labute approximate surface area is 76.8 Å². The second kappa shape index (κ2) is 3.11. The van der Waals surface area contributed by atoms with Crippen molar-refractivity contribution in [1.29, 1.82) is 0 Å². The van der Waals surface area contributed by atoms with Crippen LogP contribution in [-0.2, 0) is 10.5 Å². The third-order valence-electron chi connectivity index (χ3n) is 2.07. The Morgan fingerprint density at radius 1 is 1.23 bits per heavy atom. The molecule has 1 atom stereocenters. The quantitative estimate of drug-likeness (QED) is 0.678. The summed E-state index contributed by atoms with van der Waals surface area (Å²) in [6, 6.07) is 9.81. The van der Waals surface area contributed by atoms with E-state index >= 15 is 0 Å². The van der Waals surface area contributed by atoms with Gasteiger partial charge in [0.1, 0.15) is 0 Å². The molecule has 0 aromatic heterocycles. The summed E-state index contributed by atoms with van der Waals surface area (Å²) >= 11 is 0. The first-order chi connectivity index (χ1) is 6.37. The van der Waals surface area contributed by atoms with Crippen molar-refractivity contribution in [3.8, 4) is 0 Å². The fourth-order valence-corrected chi connectivity index (χ4v) is 1.34. The lowest BCUT2D eigenvalue weighted by atomic mass is 10.0. The van der Waals surface area contributed by atoms with Crippen LogP contribution in [0.1, 0.15) is 5.56 Å². The lowest BCUT2D eigenvalue weighted by molar-refractivity contribution is 0.0357. The molecule has 0 fully saturated rings. The van der Waals surface area contributed by atoms with E-state index in [1.165, 1.54) is 0 Å². The fraction of sp³-hybridized carbons (Fsp3) is 0.200. The van der Waals surface area contributed by atoms with Gasteiger partial charge in [0, 0.05) is 12.7 Å². The fourth-order valence-electron chi connectivity index (χ4n) is 1.34. The smallest absolute Gasteiger partial charge is 0.225 e. The Bertz CT molecular complexity index is 331. The van der Waals surface area contributed by atoms with Gasteiger partial charge in [-0.1, -0.05) is 30.3 Å². The van der Waals surface area contributed by atoms with Gasteiger partial charge < -0.3 is 4.74 Å². The van der Waals surface area contributed by atoms with Gasteiger partial charge in [-0.2, -0.15) is 5.11 Å². The first-order valence-electron chi connectivity index (χ1n) is 4.08. The number of hydrogen-bond acceptors (Lipinski definition) is 3. The van der Waals surface area contributed by atoms with Crippen LogP contribution in [0.3, 0.4) is 0 Å². The summed E-state index contributed by atoms with van der Waals surface area (Å²) in [7, 11) is 1.63. The number of methoxy groups -OCH3 is 1. The summed E-state index contributed by atoms with van der Waals surface area (Å²) < 4.78 is 5.34. The molecule has 1 aliphatic heterocycles. The Hall–Kier alpha value is -1.48. The van der Waals surface area contributed by atoms with E-state index in [0.29, 0.717) is 0 Å². The second-order valence-electron chi connectivity index (χ2n) is 2.80. The van der Waals surface area contributed by atoms with Crippen LogP contribution in [0.4, 0.5) is 0 Å². The SMILES string of the molecule is COC1(c2ccccc2)C=CN=N1. The Morgan fingerprint density at radius 2 is 2.00 bits per heavy atom. The number of hydrogen-bond donors (Lipinski definition) is 0. The average molecular weight is 174 g/mol. The van der Waals surface area contributed by atoms with Crippen molar-refractivity contribution in [2.75, 3.05) is 7.11 Å². The van der Waals surface area contributed by atoms with Crippen LogP contribution in [-0.4, -0.2) is 7.11 Å². The van der Waals surface area contributed by atoms with Crippen LogP contribution in [0.25, 0.3) is 0 Å². The molecule has 0 N–H and O–H groups in total. The molecule has 0 spiro atoms. The van der Waals surface area contributed by atoms with E-state index in [0.717, 1.165) is 5.56 Å². The number of benzene rings is 1. The minimum Gasteiger partial charge on any atom is -0.348 e. The van der Waals surface area contributed by atoms with Crippen molar-refractivity contribution in [1.82, 2.24) is 0 Å². The molecule has 1 unspecified atom stereocenters. The van der Waals surface area contributed by atoms with Crippen molar-refractivity contribution in [2.24, 2.45) is 10.2 Å². The van der Waals surface area contributed by atoms with Crippen LogP contribution < -0.4 is 0 Å².